The summed E-state index contributed by atoms with van der Waals surface area (Å²) in [6, 6.07) is 13.8. The van der Waals surface area contributed by atoms with E-state index in [0.29, 0.717) is 0 Å². The van der Waals surface area contributed by atoms with Crippen molar-refractivity contribution in [3.63, 3.8) is 0 Å². The molecule has 0 saturated carbocycles. The van der Waals surface area contributed by atoms with Crippen molar-refractivity contribution in [2.24, 2.45) is 4.99 Å². The number of hydrogen-bond acceptors (Lipinski definition) is 1. The minimum absolute atomic E-state index is 0.0290. The van der Waals surface area contributed by atoms with E-state index in [-0.39, 0.29) is 4.63 Å². The van der Waals surface area contributed by atoms with Gasteiger partial charge in [0.1, 0.15) is 0 Å². The third kappa shape index (κ3) is 1.89. The first kappa shape index (κ1) is 9.50. The van der Waals surface area contributed by atoms with Gasteiger partial charge in [0, 0.05) is 5.39 Å². The molecule has 0 radical (unpaired) electrons. The van der Waals surface area contributed by atoms with Crippen molar-refractivity contribution < 1.29 is 0 Å². The highest BCUT2D eigenvalue weighted by Crippen LogP contribution is 2.26. The Labute approximate surface area is 92.0 Å². The average molecular weight is 224 g/mol. The zero-order chi connectivity index (χ0) is 9.97. The Morgan fingerprint density at radius 2 is 1.64 bits per heavy atom. The maximum Gasteiger partial charge on any atom is 0.197 e. The van der Waals surface area contributed by atoms with Crippen molar-refractivity contribution in [1.82, 2.24) is 0 Å². The third-order valence-electron chi connectivity index (χ3n) is 1.97. The van der Waals surface area contributed by atoms with Crippen molar-refractivity contribution in [2.45, 2.75) is 0 Å². The van der Waals surface area contributed by atoms with Gasteiger partial charge in [-0.05, 0) is 34.7 Å². The predicted octanol–water partition coefficient (Wildman–Crippen LogP) is 4.30. The zero-order valence-electron chi connectivity index (χ0n) is 7.24. The summed E-state index contributed by atoms with van der Waals surface area (Å²) >= 11 is 11.1. The van der Waals surface area contributed by atoms with E-state index < -0.39 is 0 Å². The Hall–Kier alpha value is -1.05. The van der Waals surface area contributed by atoms with Crippen molar-refractivity contribution >= 4 is 44.3 Å². The molecule has 0 fully saturated rings. The van der Waals surface area contributed by atoms with Gasteiger partial charge in [-0.3, -0.25) is 0 Å². The topological polar surface area (TPSA) is 12.4 Å². The second-order valence-corrected chi connectivity index (χ2v) is 3.76. The lowest BCUT2D eigenvalue weighted by Gasteiger charge is -2.00. The molecule has 0 saturated heterocycles. The van der Waals surface area contributed by atoms with Crippen LogP contribution in [0, 0.1) is 0 Å². The number of fused-ring (bicyclic) bond motifs is 1. The van der Waals surface area contributed by atoms with Crippen LogP contribution in [-0.2, 0) is 0 Å². The molecule has 0 aliphatic heterocycles. The number of rotatable bonds is 1. The van der Waals surface area contributed by atoms with Gasteiger partial charge in [-0.25, -0.2) is 4.99 Å². The first-order valence-corrected chi connectivity index (χ1v) is 4.90. The summed E-state index contributed by atoms with van der Waals surface area (Å²) in [5.41, 5.74) is 0.795. The van der Waals surface area contributed by atoms with Crippen LogP contribution in [0.5, 0.6) is 0 Å². The van der Waals surface area contributed by atoms with E-state index in [9.17, 15) is 0 Å². The van der Waals surface area contributed by atoms with Crippen LogP contribution < -0.4 is 0 Å². The molecule has 0 spiro atoms. The maximum atomic E-state index is 5.53. The van der Waals surface area contributed by atoms with Crippen molar-refractivity contribution in [3.8, 4) is 0 Å². The van der Waals surface area contributed by atoms with Gasteiger partial charge >= 0.3 is 0 Å². The van der Waals surface area contributed by atoms with Crippen molar-refractivity contribution in [3.05, 3.63) is 42.5 Å². The number of hydrogen-bond donors (Lipinski definition) is 0. The van der Waals surface area contributed by atoms with Crippen LogP contribution >= 0.6 is 23.2 Å². The number of halogens is 2. The molecule has 2 rings (SSSR count). The van der Waals surface area contributed by atoms with E-state index in [1.165, 1.54) is 0 Å². The van der Waals surface area contributed by atoms with E-state index in [1.54, 1.807) is 0 Å². The van der Waals surface area contributed by atoms with Crippen LogP contribution in [0.4, 0.5) is 5.69 Å². The number of nitrogens with zero attached hydrogens (tertiary/aromatic N) is 1. The first-order valence-electron chi connectivity index (χ1n) is 4.15. The summed E-state index contributed by atoms with van der Waals surface area (Å²) in [5.74, 6) is 0. The summed E-state index contributed by atoms with van der Waals surface area (Å²) in [7, 11) is 0. The van der Waals surface area contributed by atoms with E-state index in [0.717, 1.165) is 16.5 Å². The monoisotopic (exact) mass is 223 g/mol. The molecular weight excluding hydrogens is 217 g/mol. The Bertz CT molecular complexity index is 482. The summed E-state index contributed by atoms with van der Waals surface area (Å²) < 4.78 is 0.0290. The molecule has 1 nitrogen and oxygen atoms in total. The molecule has 0 aliphatic rings. The molecule has 0 N–H and O–H groups in total. The Kier molecular flexibility index (Phi) is 2.71. The van der Waals surface area contributed by atoms with Crippen molar-refractivity contribution in [1.29, 1.82) is 0 Å². The van der Waals surface area contributed by atoms with E-state index >= 15 is 0 Å². The first-order chi connectivity index (χ1) is 6.77. The largest absolute Gasteiger partial charge is 0.225 e. The van der Waals surface area contributed by atoms with Gasteiger partial charge in [-0.15, -0.1) is 0 Å². The molecule has 70 valence electrons. The van der Waals surface area contributed by atoms with Gasteiger partial charge in [0.25, 0.3) is 0 Å². The zero-order valence-corrected chi connectivity index (χ0v) is 8.76. The van der Waals surface area contributed by atoms with Gasteiger partial charge in [0.2, 0.25) is 0 Å². The fraction of sp³-hybridized carbons (Fsp3) is 0. The molecule has 14 heavy (non-hydrogen) atoms. The molecule has 0 atom stereocenters. The molecule has 0 aliphatic carbocycles. The fourth-order valence-electron chi connectivity index (χ4n) is 1.40. The molecular formula is C11H7Cl2N. The molecule has 0 amide bonds. The number of benzene rings is 2. The Morgan fingerprint density at radius 1 is 0.929 bits per heavy atom. The molecule has 0 unspecified atom stereocenters. The predicted molar refractivity (Wildman–Crippen MR) is 62.7 cm³/mol. The summed E-state index contributed by atoms with van der Waals surface area (Å²) in [5, 5.41) is 2.18. The van der Waals surface area contributed by atoms with Gasteiger partial charge in [-0.1, -0.05) is 36.4 Å². The fourth-order valence-corrected chi connectivity index (χ4v) is 1.58. The lowest BCUT2D eigenvalue weighted by molar-refractivity contribution is 1.59. The van der Waals surface area contributed by atoms with Gasteiger partial charge in [0.15, 0.2) is 4.63 Å². The van der Waals surface area contributed by atoms with E-state index in [1.807, 2.05) is 42.5 Å². The van der Waals surface area contributed by atoms with Gasteiger partial charge in [0.05, 0.1) is 5.69 Å². The van der Waals surface area contributed by atoms with Crippen LogP contribution in [0.15, 0.2) is 47.5 Å². The summed E-state index contributed by atoms with van der Waals surface area (Å²) in [6.07, 6.45) is 0. The second-order valence-electron chi connectivity index (χ2n) is 2.85. The smallest absolute Gasteiger partial charge is 0.197 e. The van der Waals surface area contributed by atoms with Crippen LogP contribution in [0.2, 0.25) is 0 Å². The normalized spacial score (nSPS) is 10.1. The molecule has 2 aromatic carbocycles. The lowest BCUT2D eigenvalue weighted by atomic mass is 10.1. The molecule has 0 aromatic heterocycles. The molecule has 0 bridgehead atoms. The maximum absolute atomic E-state index is 5.53. The highest BCUT2D eigenvalue weighted by Gasteiger charge is 1.98. The lowest BCUT2D eigenvalue weighted by Crippen LogP contribution is -1.74. The van der Waals surface area contributed by atoms with E-state index in [2.05, 4.69) is 4.99 Å². The highest BCUT2D eigenvalue weighted by molar-refractivity contribution is 6.95. The molecule has 0 heterocycles. The Balaban J connectivity index is 2.71. The van der Waals surface area contributed by atoms with Crippen molar-refractivity contribution in [2.75, 3.05) is 0 Å². The molecule has 2 aromatic rings. The number of aliphatic imine (C=N–C) groups is 1. The average Bonchev–Trinajstić information content (AvgIpc) is 2.18. The Morgan fingerprint density at radius 3 is 2.43 bits per heavy atom. The molecule has 3 heteroatoms. The quantitative estimate of drug-likeness (QED) is 0.640. The minimum atomic E-state index is 0.0290. The van der Waals surface area contributed by atoms with Crippen LogP contribution in [-0.4, -0.2) is 4.63 Å². The van der Waals surface area contributed by atoms with Crippen LogP contribution in [0.3, 0.4) is 0 Å². The third-order valence-corrected chi connectivity index (χ3v) is 2.14. The minimum Gasteiger partial charge on any atom is -0.225 e. The van der Waals surface area contributed by atoms with E-state index in [4.69, 9.17) is 23.2 Å². The summed E-state index contributed by atoms with van der Waals surface area (Å²) in [4.78, 5) is 4.04. The standard InChI is InChI=1S/C11H7Cl2N/c12-11(13)14-10-7-3-5-8-4-1-2-6-9(8)10/h1-7H. The second kappa shape index (κ2) is 3.99. The van der Waals surface area contributed by atoms with Gasteiger partial charge < -0.3 is 0 Å². The summed E-state index contributed by atoms with van der Waals surface area (Å²) in [6.45, 7) is 0. The van der Waals surface area contributed by atoms with Crippen LogP contribution in [0.1, 0.15) is 0 Å². The SMILES string of the molecule is ClC(Cl)=Nc1cccc2ccccc12. The highest BCUT2D eigenvalue weighted by atomic mass is 35.5. The van der Waals surface area contributed by atoms with Crippen LogP contribution in [0.25, 0.3) is 10.8 Å². The van der Waals surface area contributed by atoms with Gasteiger partial charge in [-0.2, -0.15) is 0 Å².